The summed E-state index contributed by atoms with van der Waals surface area (Å²) in [6.45, 7) is 0.926. The first-order valence-electron chi connectivity index (χ1n) is 8.05. The second kappa shape index (κ2) is 9.47. The van der Waals surface area contributed by atoms with Crippen LogP contribution in [-0.4, -0.2) is 35.4 Å². The number of amides is 2. The maximum absolute atomic E-state index is 12.1. The molecule has 0 spiro atoms. The number of carbonyl (C=O) groups excluding carboxylic acids is 3. The minimum Gasteiger partial charge on any atom is -0.451 e. The average molecular weight is 406 g/mol. The monoisotopic (exact) mass is 405 g/mol. The van der Waals surface area contributed by atoms with Crippen LogP contribution in [0.25, 0.3) is 0 Å². The van der Waals surface area contributed by atoms with Crippen molar-refractivity contribution in [2.24, 2.45) is 0 Å². The molecule has 0 saturated carbocycles. The minimum absolute atomic E-state index is 0.0313. The second-order valence-corrected chi connectivity index (χ2v) is 6.00. The van der Waals surface area contributed by atoms with Crippen LogP contribution in [0.1, 0.15) is 17.3 Å². The van der Waals surface area contributed by atoms with Crippen molar-refractivity contribution in [3.8, 4) is 0 Å². The molecule has 0 saturated heterocycles. The van der Waals surface area contributed by atoms with E-state index in [1.807, 2.05) is 0 Å². The molecule has 2 amide bonds. The Balaban J connectivity index is 1.85. The molecular formula is C18H16ClN3O6. The van der Waals surface area contributed by atoms with Gasteiger partial charge >= 0.3 is 5.97 Å². The van der Waals surface area contributed by atoms with Gasteiger partial charge in [0.15, 0.2) is 6.10 Å². The third kappa shape index (κ3) is 5.78. The molecule has 10 heteroatoms. The van der Waals surface area contributed by atoms with E-state index in [0.717, 1.165) is 6.07 Å². The number of non-ortho nitro benzene ring substituents is 1. The normalized spacial score (nSPS) is 11.2. The zero-order chi connectivity index (χ0) is 20.7. The van der Waals surface area contributed by atoms with Gasteiger partial charge < -0.3 is 15.4 Å². The molecule has 2 aromatic carbocycles. The lowest BCUT2D eigenvalue weighted by Crippen LogP contribution is -2.35. The number of esters is 1. The third-order valence-electron chi connectivity index (χ3n) is 3.53. The van der Waals surface area contributed by atoms with Crippen LogP contribution < -0.4 is 10.6 Å². The Morgan fingerprint density at radius 2 is 1.86 bits per heavy atom. The van der Waals surface area contributed by atoms with Crippen LogP contribution in [-0.2, 0) is 14.3 Å². The molecule has 146 valence electrons. The molecule has 2 aromatic rings. The van der Waals surface area contributed by atoms with E-state index in [9.17, 15) is 24.5 Å². The van der Waals surface area contributed by atoms with E-state index >= 15 is 0 Å². The molecule has 0 aliphatic rings. The summed E-state index contributed by atoms with van der Waals surface area (Å²) in [6, 6.07) is 11.8. The van der Waals surface area contributed by atoms with Gasteiger partial charge in [0.2, 0.25) is 0 Å². The number of nitrogens with one attached hydrogen (secondary N) is 2. The van der Waals surface area contributed by atoms with Crippen LogP contribution in [0.5, 0.6) is 0 Å². The Bertz CT molecular complexity index is 903. The molecule has 0 aromatic heterocycles. The second-order valence-electron chi connectivity index (χ2n) is 5.59. The largest absolute Gasteiger partial charge is 0.451 e. The maximum Gasteiger partial charge on any atom is 0.326 e. The molecule has 0 unspecified atom stereocenters. The highest BCUT2D eigenvalue weighted by Gasteiger charge is 2.20. The first-order chi connectivity index (χ1) is 13.3. The standard InChI is InChI=1S/C18H16ClN3O6/c1-11(17(24)21-15-8-7-13(22(26)27)9-14(15)19)28-16(23)10-20-18(25)12-5-3-2-4-6-12/h2-9,11H,10H2,1H3,(H,20,25)(H,21,24)/t11-/m0/s1. The molecule has 0 aliphatic heterocycles. The smallest absolute Gasteiger partial charge is 0.326 e. The van der Waals surface area contributed by atoms with Crippen molar-refractivity contribution in [1.82, 2.24) is 5.32 Å². The van der Waals surface area contributed by atoms with Crippen LogP contribution in [0, 0.1) is 10.1 Å². The summed E-state index contributed by atoms with van der Waals surface area (Å²) in [5, 5.41) is 15.5. The van der Waals surface area contributed by atoms with Crippen LogP contribution in [0.2, 0.25) is 5.02 Å². The van der Waals surface area contributed by atoms with Gasteiger partial charge in [-0.3, -0.25) is 24.5 Å². The van der Waals surface area contributed by atoms with Crippen molar-refractivity contribution in [3.63, 3.8) is 0 Å². The fourth-order valence-electron chi connectivity index (χ4n) is 2.09. The summed E-state index contributed by atoms with van der Waals surface area (Å²) in [7, 11) is 0. The van der Waals surface area contributed by atoms with E-state index in [1.165, 1.54) is 19.1 Å². The van der Waals surface area contributed by atoms with Gasteiger partial charge in [-0.15, -0.1) is 0 Å². The van der Waals surface area contributed by atoms with E-state index in [2.05, 4.69) is 10.6 Å². The molecular weight excluding hydrogens is 390 g/mol. The summed E-state index contributed by atoms with van der Waals surface area (Å²) in [5.41, 5.74) is 0.295. The highest BCUT2D eigenvalue weighted by Crippen LogP contribution is 2.26. The van der Waals surface area contributed by atoms with Gasteiger partial charge in [0.05, 0.1) is 15.6 Å². The van der Waals surface area contributed by atoms with Crippen LogP contribution >= 0.6 is 11.6 Å². The Morgan fingerprint density at radius 1 is 1.18 bits per heavy atom. The number of nitrogens with zero attached hydrogens (tertiary/aromatic N) is 1. The van der Waals surface area contributed by atoms with E-state index < -0.39 is 35.4 Å². The Hall–Kier alpha value is -3.46. The fourth-order valence-corrected chi connectivity index (χ4v) is 2.31. The van der Waals surface area contributed by atoms with Gasteiger partial charge in [-0.2, -0.15) is 0 Å². The van der Waals surface area contributed by atoms with E-state index in [-0.39, 0.29) is 16.4 Å². The van der Waals surface area contributed by atoms with Crippen molar-refractivity contribution in [2.75, 3.05) is 11.9 Å². The summed E-state index contributed by atoms with van der Waals surface area (Å²) in [4.78, 5) is 45.9. The van der Waals surface area contributed by atoms with Gasteiger partial charge in [0.1, 0.15) is 6.54 Å². The van der Waals surface area contributed by atoms with Gasteiger partial charge in [0.25, 0.3) is 17.5 Å². The maximum atomic E-state index is 12.1. The molecule has 1 atom stereocenters. The van der Waals surface area contributed by atoms with Crippen LogP contribution in [0.15, 0.2) is 48.5 Å². The van der Waals surface area contributed by atoms with Crippen LogP contribution in [0.3, 0.4) is 0 Å². The van der Waals surface area contributed by atoms with E-state index in [4.69, 9.17) is 16.3 Å². The number of benzene rings is 2. The first-order valence-corrected chi connectivity index (χ1v) is 8.43. The van der Waals surface area contributed by atoms with E-state index in [1.54, 1.807) is 30.3 Å². The fraction of sp³-hybridized carbons (Fsp3) is 0.167. The van der Waals surface area contributed by atoms with Crippen LogP contribution in [0.4, 0.5) is 11.4 Å². The summed E-state index contributed by atoms with van der Waals surface area (Å²) in [6.07, 6.45) is -1.17. The summed E-state index contributed by atoms with van der Waals surface area (Å²) in [5.74, 6) is -1.94. The predicted octanol–water partition coefficient (Wildman–Crippen LogP) is 2.55. The summed E-state index contributed by atoms with van der Waals surface area (Å²) < 4.78 is 4.96. The first kappa shape index (κ1) is 20.8. The molecule has 0 aliphatic carbocycles. The number of ether oxygens (including phenoxy) is 1. The van der Waals surface area contributed by atoms with Crippen molar-refractivity contribution in [2.45, 2.75) is 13.0 Å². The van der Waals surface area contributed by atoms with Gasteiger partial charge in [-0.25, -0.2) is 0 Å². The molecule has 2 N–H and O–H groups in total. The lowest BCUT2D eigenvalue weighted by molar-refractivity contribution is -0.384. The average Bonchev–Trinajstić information content (AvgIpc) is 2.68. The lowest BCUT2D eigenvalue weighted by atomic mass is 10.2. The van der Waals surface area contributed by atoms with Gasteiger partial charge in [-0.05, 0) is 25.1 Å². The number of hydrogen-bond acceptors (Lipinski definition) is 6. The Kier molecular flexibility index (Phi) is 7.05. The number of carbonyl (C=O) groups is 3. The van der Waals surface area contributed by atoms with Crippen molar-refractivity contribution in [3.05, 3.63) is 69.2 Å². The van der Waals surface area contributed by atoms with Gasteiger partial charge in [0, 0.05) is 17.7 Å². The SMILES string of the molecule is C[C@H](OC(=O)CNC(=O)c1ccccc1)C(=O)Nc1ccc([N+](=O)[O-])cc1Cl. The predicted molar refractivity (Wildman–Crippen MR) is 101 cm³/mol. The van der Waals surface area contributed by atoms with Crippen molar-refractivity contribution >= 4 is 40.8 Å². The van der Waals surface area contributed by atoms with E-state index in [0.29, 0.717) is 5.56 Å². The number of nitro groups is 1. The molecule has 0 radical (unpaired) electrons. The Labute approximate surface area is 164 Å². The molecule has 0 fully saturated rings. The zero-order valence-electron chi connectivity index (χ0n) is 14.7. The molecule has 2 rings (SSSR count). The quantitative estimate of drug-likeness (QED) is 0.414. The molecule has 9 nitrogen and oxygen atoms in total. The minimum atomic E-state index is -1.17. The van der Waals surface area contributed by atoms with Gasteiger partial charge in [-0.1, -0.05) is 29.8 Å². The van der Waals surface area contributed by atoms with Crippen molar-refractivity contribution < 1.29 is 24.0 Å². The number of rotatable bonds is 7. The number of nitro benzene ring substituents is 1. The highest BCUT2D eigenvalue weighted by atomic mass is 35.5. The molecule has 28 heavy (non-hydrogen) atoms. The number of hydrogen-bond donors (Lipinski definition) is 2. The molecule has 0 bridgehead atoms. The molecule has 0 heterocycles. The van der Waals surface area contributed by atoms with Crippen molar-refractivity contribution in [1.29, 1.82) is 0 Å². The zero-order valence-corrected chi connectivity index (χ0v) is 15.4. The lowest BCUT2D eigenvalue weighted by Gasteiger charge is -2.14. The third-order valence-corrected chi connectivity index (χ3v) is 3.84. The highest BCUT2D eigenvalue weighted by molar-refractivity contribution is 6.34. The summed E-state index contributed by atoms with van der Waals surface area (Å²) >= 11 is 5.90. The Morgan fingerprint density at radius 3 is 2.46 bits per heavy atom. The number of halogens is 1. The number of anilines is 1. The topological polar surface area (TPSA) is 128 Å².